The molecule has 1 aromatic heterocycles. The van der Waals surface area contributed by atoms with E-state index in [4.69, 9.17) is 14.3 Å². The summed E-state index contributed by atoms with van der Waals surface area (Å²) < 4.78 is 27.6. The quantitative estimate of drug-likeness (QED) is 0.597. The zero-order valence-corrected chi connectivity index (χ0v) is 18.8. The first-order valence-electron chi connectivity index (χ1n) is 9.96. The molecular formula is C21H23BrFN3O5. The van der Waals surface area contributed by atoms with Crippen LogP contribution in [-0.4, -0.2) is 35.6 Å². The van der Waals surface area contributed by atoms with Gasteiger partial charge in [0, 0.05) is 22.8 Å². The maximum absolute atomic E-state index is 14.4. The first-order valence-corrected chi connectivity index (χ1v) is 10.8. The molecule has 8 nitrogen and oxygen atoms in total. The third-order valence-electron chi connectivity index (χ3n) is 5.14. The van der Waals surface area contributed by atoms with Crippen LogP contribution in [0.3, 0.4) is 0 Å². The second-order valence-electron chi connectivity index (χ2n) is 7.92. The average molecular weight is 496 g/mol. The monoisotopic (exact) mass is 495 g/mol. The van der Waals surface area contributed by atoms with Crippen LogP contribution < -0.4 is 16.4 Å². The Kier molecular flexibility index (Phi) is 6.16. The third kappa shape index (κ3) is 4.82. The van der Waals surface area contributed by atoms with Crippen molar-refractivity contribution in [3.63, 3.8) is 0 Å². The van der Waals surface area contributed by atoms with E-state index in [9.17, 15) is 14.0 Å². The van der Waals surface area contributed by atoms with Gasteiger partial charge in [0.1, 0.15) is 18.5 Å². The van der Waals surface area contributed by atoms with Gasteiger partial charge in [0.25, 0.3) is 11.5 Å². The summed E-state index contributed by atoms with van der Waals surface area (Å²) in [5.41, 5.74) is 3.40. The van der Waals surface area contributed by atoms with Crippen LogP contribution in [0, 0.1) is 5.82 Å². The van der Waals surface area contributed by atoms with Crippen LogP contribution in [0.15, 0.2) is 33.5 Å². The molecule has 0 saturated carbocycles. The first kappa shape index (κ1) is 21.9. The molecule has 166 valence electrons. The van der Waals surface area contributed by atoms with Crippen LogP contribution in [0.1, 0.15) is 36.3 Å². The minimum atomic E-state index is -0.689. The van der Waals surface area contributed by atoms with Crippen molar-refractivity contribution in [3.8, 4) is 0 Å². The second kappa shape index (κ2) is 8.70. The number of anilines is 2. The standard InChI is InChI=1S/C21H23BrFN3O5/c1-21(2)29-10-13(31-21)11-30-25-20(28)19-16(9-18(27)26-7-3-4-17(19)26)24-15-6-5-12(22)8-14(15)23/h5-6,8-9,13,24H,3-4,7,10-11H2,1-2H3,(H,25,28). The fourth-order valence-electron chi connectivity index (χ4n) is 3.79. The van der Waals surface area contributed by atoms with Gasteiger partial charge in [-0.3, -0.25) is 14.4 Å². The van der Waals surface area contributed by atoms with E-state index in [0.717, 1.165) is 6.42 Å². The number of hydrogen-bond acceptors (Lipinski definition) is 6. The van der Waals surface area contributed by atoms with Crippen molar-refractivity contribution >= 4 is 33.2 Å². The Labute approximate surface area is 186 Å². The van der Waals surface area contributed by atoms with Crippen LogP contribution in [0.2, 0.25) is 0 Å². The van der Waals surface area contributed by atoms with Gasteiger partial charge in [-0.25, -0.2) is 9.87 Å². The summed E-state index contributed by atoms with van der Waals surface area (Å²) >= 11 is 3.21. The number of pyridine rings is 1. The molecule has 0 bridgehead atoms. The molecule has 10 heteroatoms. The highest BCUT2D eigenvalue weighted by atomic mass is 79.9. The fourth-order valence-corrected chi connectivity index (χ4v) is 4.12. The molecule has 2 N–H and O–H groups in total. The van der Waals surface area contributed by atoms with Gasteiger partial charge in [-0.05, 0) is 44.9 Å². The molecular weight excluding hydrogens is 473 g/mol. The fraction of sp³-hybridized carbons (Fsp3) is 0.429. The number of nitrogens with zero attached hydrogens (tertiary/aromatic N) is 1. The van der Waals surface area contributed by atoms with E-state index in [1.165, 1.54) is 18.2 Å². The summed E-state index contributed by atoms with van der Waals surface area (Å²) in [6, 6.07) is 5.81. The van der Waals surface area contributed by atoms with Gasteiger partial charge in [-0.1, -0.05) is 15.9 Å². The van der Waals surface area contributed by atoms with Crippen LogP contribution in [0.5, 0.6) is 0 Å². The molecule has 31 heavy (non-hydrogen) atoms. The molecule has 0 spiro atoms. The van der Waals surface area contributed by atoms with Crippen molar-refractivity contribution in [2.24, 2.45) is 0 Å². The molecule has 1 aromatic carbocycles. The summed E-state index contributed by atoms with van der Waals surface area (Å²) in [6.45, 7) is 4.60. The summed E-state index contributed by atoms with van der Waals surface area (Å²) in [7, 11) is 0. The lowest BCUT2D eigenvalue weighted by atomic mass is 10.1. The van der Waals surface area contributed by atoms with E-state index in [1.54, 1.807) is 24.5 Å². The van der Waals surface area contributed by atoms with Crippen molar-refractivity contribution in [2.45, 2.75) is 45.1 Å². The molecule has 2 aliphatic heterocycles. The molecule has 2 aliphatic rings. The molecule has 2 aromatic rings. The Balaban J connectivity index is 1.56. The number of nitrogens with one attached hydrogen (secondary N) is 2. The Morgan fingerprint density at radius 1 is 1.35 bits per heavy atom. The maximum atomic E-state index is 14.4. The smallest absolute Gasteiger partial charge is 0.278 e. The molecule has 1 amide bonds. The number of carbonyl (C=O) groups is 1. The third-order valence-corrected chi connectivity index (χ3v) is 5.64. The van der Waals surface area contributed by atoms with Crippen LogP contribution in [0.25, 0.3) is 0 Å². The summed E-state index contributed by atoms with van der Waals surface area (Å²) in [6.07, 6.45) is 0.993. The van der Waals surface area contributed by atoms with Gasteiger partial charge in [0.2, 0.25) is 0 Å². The van der Waals surface area contributed by atoms with Crippen LogP contribution >= 0.6 is 15.9 Å². The predicted molar refractivity (Wildman–Crippen MR) is 115 cm³/mol. The maximum Gasteiger partial charge on any atom is 0.278 e. The number of carbonyl (C=O) groups excluding carboxylic acids is 1. The van der Waals surface area contributed by atoms with Gasteiger partial charge in [-0.15, -0.1) is 0 Å². The minimum Gasteiger partial charge on any atom is -0.352 e. The van der Waals surface area contributed by atoms with Crippen molar-refractivity contribution in [2.75, 3.05) is 18.5 Å². The topological polar surface area (TPSA) is 90.8 Å². The van der Waals surface area contributed by atoms with Gasteiger partial charge >= 0.3 is 0 Å². The highest BCUT2D eigenvalue weighted by Gasteiger charge is 2.33. The largest absolute Gasteiger partial charge is 0.352 e. The number of aromatic nitrogens is 1. The van der Waals surface area contributed by atoms with E-state index in [0.29, 0.717) is 29.7 Å². The van der Waals surface area contributed by atoms with Gasteiger partial charge in [0.05, 0.1) is 23.5 Å². The Morgan fingerprint density at radius 2 is 2.16 bits per heavy atom. The molecule has 1 saturated heterocycles. The van der Waals surface area contributed by atoms with Crippen molar-refractivity contribution in [1.29, 1.82) is 0 Å². The van der Waals surface area contributed by atoms with Crippen LogP contribution in [0.4, 0.5) is 15.8 Å². The number of fused-ring (bicyclic) bond motifs is 1. The molecule has 0 radical (unpaired) electrons. The van der Waals surface area contributed by atoms with E-state index >= 15 is 0 Å². The lowest BCUT2D eigenvalue weighted by Crippen LogP contribution is -2.33. The molecule has 1 atom stereocenters. The number of ether oxygens (including phenoxy) is 2. The summed E-state index contributed by atoms with van der Waals surface area (Å²) in [5, 5.41) is 2.89. The van der Waals surface area contributed by atoms with E-state index in [-0.39, 0.29) is 35.2 Å². The first-order chi connectivity index (χ1) is 14.7. The lowest BCUT2D eigenvalue weighted by molar-refractivity contribution is -0.147. The Bertz CT molecular complexity index is 1070. The predicted octanol–water partition coefficient (Wildman–Crippen LogP) is 3.25. The highest BCUT2D eigenvalue weighted by molar-refractivity contribution is 9.10. The number of amides is 1. The number of rotatable bonds is 6. The van der Waals surface area contributed by atoms with Crippen molar-refractivity contribution < 1.29 is 23.5 Å². The SMILES string of the molecule is CC1(C)OCC(CONC(=O)c2c(Nc3ccc(Br)cc3F)cc(=O)n3c2CCC3)O1. The summed E-state index contributed by atoms with van der Waals surface area (Å²) in [5.74, 6) is -1.73. The number of hydrogen-bond donors (Lipinski definition) is 2. The minimum absolute atomic E-state index is 0.105. The number of benzene rings is 1. The summed E-state index contributed by atoms with van der Waals surface area (Å²) in [4.78, 5) is 30.9. The lowest BCUT2D eigenvalue weighted by Gasteiger charge is -2.18. The molecule has 0 aliphatic carbocycles. The molecule has 4 rings (SSSR count). The van der Waals surface area contributed by atoms with E-state index < -0.39 is 17.5 Å². The molecule has 3 heterocycles. The molecule has 1 fully saturated rings. The van der Waals surface area contributed by atoms with E-state index in [2.05, 4.69) is 26.7 Å². The molecule has 1 unspecified atom stereocenters. The van der Waals surface area contributed by atoms with Crippen molar-refractivity contribution in [1.82, 2.24) is 10.0 Å². The van der Waals surface area contributed by atoms with E-state index in [1.807, 2.05) is 0 Å². The zero-order valence-electron chi connectivity index (χ0n) is 17.2. The Morgan fingerprint density at radius 3 is 2.87 bits per heavy atom. The van der Waals surface area contributed by atoms with Gasteiger partial charge in [-0.2, -0.15) is 0 Å². The Hall–Kier alpha value is -2.27. The zero-order chi connectivity index (χ0) is 22.2. The number of hydroxylamine groups is 1. The van der Waals surface area contributed by atoms with Crippen molar-refractivity contribution in [3.05, 3.63) is 56.2 Å². The highest BCUT2D eigenvalue weighted by Crippen LogP contribution is 2.29. The second-order valence-corrected chi connectivity index (χ2v) is 8.83. The average Bonchev–Trinajstić information content (AvgIpc) is 3.31. The normalized spacial score (nSPS) is 19.3. The van der Waals surface area contributed by atoms with Crippen LogP contribution in [-0.2, 0) is 27.3 Å². The van der Waals surface area contributed by atoms with Gasteiger partial charge in [0.15, 0.2) is 5.79 Å². The number of halogens is 2. The van der Waals surface area contributed by atoms with Gasteiger partial charge < -0.3 is 19.4 Å².